The number of amides is 3. The summed E-state index contributed by atoms with van der Waals surface area (Å²) in [4.78, 5) is 70.8. The third-order valence-electron chi connectivity index (χ3n) is 12.4. The van der Waals surface area contributed by atoms with Crippen LogP contribution in [-0.2, 0) is 9.59 Å². The van der Waals surface area contributed by atoms with Crippen LogP contribution in [0.1, 0.15) is 61.5 Å². The normalized spacial score (nSPS) is 20.1. The van der Waals surface area contributed by atoms with Crippen LogP contribution in [0.2, 0.25) is 0 Å². The number of para-hydroxylation sites is 1. The van der Waals surface area contributed by atoms with E-state index in [1.807, 2.05) is 65.2 Å². The van der Waals surface area contributed by atoms with Crippen molar-refractivity contribution in [2.45, 2.75) is 63.1 Å². The zero-order valence-corrected chi connectivity index (χ0v) is 32.9. The molecule has 0 spiro atoms. The Kier molecular flexibility index (Phi) is 10.8. The number of hydrogen-bond acceptors (Lipinski definition) is 12. The molecule has 0 saturated carbocycles. The van der Waals surface area contributed by atoms with E-state index in [2.05, 4.69) is 40.3 Å². The quantitative estimate of drug-likeness (QED) is 0.166. The zero-order chi connectivity index (χ0) is 40.5. The molecule has 306 valence electrons. The standard InChI is InChI=1S/C43H49N11O5/c44-39-38-40(47-27-46-39)54(43(58)53(38)29-6-9-34(10-7-29)59-33-4-2-1-3-5-33)30-17-20-50(21-18-30)19-14-28-15-22-51(23-16-28)32-25-52(26-32)31-8-11-35(45-24-31)41(56)48-36-12-13-37(55)49-42(36)57/h1-11,24,27-28,30,32,36H,12-23,25-26H2,(H,48,56)(H2,44,46,47)(H,49,55,57). The number of nitrogen functional groups attached to an aromatic ring is 1. The second kappa shape index (κ2) is 16.6. The molecule has 4 aliphatic heterocycles. The molecule has 0 aliphatic carbocycles. The monoisotopic (exact) mass is 799 g/mol. The minimum absolute atomic E-state index is 0.0148. The van der Waals surface area contributed by atoms with Gasteiger partial charge in [-0.2, -0.15) is 0 Å². The number of benzene rings is 2. The maximum atomic E-state index is 14.1. The molecule has 4 aliphatic rings. The maximum absolute atomic E-state index is 14.1. The van der Waals surface area contributed by atoms with E-state index in [1.165, 1.54) is 25.6 Å². The Morgan fingerprint density at radius 1 is 0.814 bits per heavy atom. The lowest BCUT2D eigenvalue weighted by atomic mass is 9.91. The lowest BCUT2D eigenvalue weighted by molar-refractivity contribution is -0.134. The molecule has 1 unspecified atom stereocenters. The summed E-state index contributed by atoms with van der Waals surface area (Å²) in [5, 5.41) is 4.94. The number of hydrogen-bond donors (Lipinski definition) is 3. The van der Waals surface area contributed by atoms with Crippen molar-refractivity contribution in [3.8, 4) is 17.2 Å². The maximum Gasteiger partial charge on any atom is 0.335 e. The van der Waals surface area contributed by atoms with Crippen LogP contribution < -0.4 is 31.7 Å². The number of piperidine rings is 3. The largest absolute Gasteiger partial charge is 0.457 e. The predicted octanol–water partition coefficient (Wildman–Crippen LogP) is 3.51. The summed E-state index contributed by atoms with van der Waals surface area (Å²) in [5.74, 6) is 1.16. The molecular weight excluding hydrogens is 751 g/mol. The number of likely N-dealkylation sites (tertiary alicyclic amines) is 2. The minimum atomic E-state index is -0.727. The first-order chi connectivity index (χ1) is 28.8. The van der Waals surface area contributed by atoms with Crippen molar-refractivity contribution in [2.24, 2.45) is 5.92 Å². The van der Waals surface area contributed by atoms with Gasteiger partial charge in [-0.3, -0.25) is 33.7 Å². The van der Waals surface area contributed by atoms with Crippen molar-refractivity contribution >= 4 is 40.4 Å². The van der Waals surface area contributed by atoms with Crippen LogP contribution in [0.3, 0.4) is 0 Å². The molecular formula is C43H49N11O5. The van der Waals surface area contributed by atoms with Gasteiger partial charge in [0.05, 0.1) is 17.6 Å². The average Bonchev–Trinajstić information content (AvgIpc) is 3.54. The molecule has 9 rings (SSSR count). The van der Waals surface area contributed by atoms with E-state index >= 15 is 0 Å². The molecule has 4 fully saturated rings. The molecule has 7 heterocycles. The van der Waals surface area contributed by atoms with Crippen LogP contribution in [0, 0.1) is 5.92 Å². The lowest BCUT2D eigenvalue weighted by Crippen LogP contribution is -2.61. The molecule has 0 radical (unpaired) electrons. The molecule has 59 heavy (non-hydrogen) atoms. The zero-order valence-electron chi connectivity index (χ0n) is 32.9. The molecule has 5 aromatic rings. The summed E-state index contributed by atoms with van der Waals surface area (Å²) in [6.45, 7) is 6.97. The van der Waals surface area contributed by atoms with Crippen LogP contribution in [0.4, 0.5) is 11.5 Å². The number of ether oxygens (including phenoxy) is 1. The minimum Gasteiger partial charge on any atom is -0.457 e. The fourth-order valence-electron chi connectivity index (χ4n) is 8.96. The number of nitrogens with zero attached hydrogens (tertiary/aromatic N) is 8. The number of fused-ring (bicyclic) bond motifs is 1. The van der Waals surface area contributed by atoms with E-state index in [1.54, 1.807) is 16.8 Å². The highest BCUT2D eigenvalue weighted by Crippen LogP contribution is 2.31. The van der Waals surface area contributed by atoms with E-state index < -0.39 is 17.9 Å². The number of carbonyl (C=O) groups is 3. The third-order valence-corrected chi connectivity index (χ3v) is 12.4. The molecule has 2 aromatic carbocycles. The average molecular weight is 800 g/mol. The van der Waals surface area contributed by atoms with Crippen LogP contribution in [0.5, 0.6) is 11.5 Å². The number of imide groups is 1. The van der Waals surface area contributed by atoms with E-state index in [0.717, 1.165) is 70.1 Å². The Morgan fingerprint density at radius 3 is 2.25 bits per heavy atom. The Hall–Kier alpha value is -6.13. The molecule has 3 aromatic heterocycles. The van der Waals surface area contributed by atoms with Gasteiger partial charge in [-0.1, -0.05) is 18.2 Å². The number of imidazole rings is 1. The summed E-state index contributed by atoms with van der Waals surface area (Å²) in [6.07, 6.45) is 8.93. The molecule has 1 atom stereocenters. The van der Waals surface area contributed by atoms with Crippen molar-refractivity contribution in [1.82, 2.24) is 44.5 Å². The SMILES string of the molecule is Nc1ncnc2c1n(-c1ccc(Oc3ccccc3)cc1)c(=O)n2C1CCN(CCC2CCN(C3CN(c4ccc(C(=O)NC5CCC(=O)NC5=O)nc4)C3)CC2)CC1. The number of nitrogens with one attached hydrogen (secondary N) is 2. The first-order valence-corrected chi connectivity index (χ1v) is 20.7. The second-order valence-corrected chi connectivity index (χ2v) is 16.1. The van der Waals surface area contributed by atoms with Gasteiger partial charge in [0.2, 0.25) is 11.8 Å². The number of carbonyl (C=O) groups excluding carboxylic acids is 3. The Morgan fingerprint density at radius 2 is 1.54 bits per heavy atom. The molecule has 4 saturated heterocycles. The van der Waals surface area contributed by atoms with Crippen molar-refractivity contribution in [1.29, 1.82) is 0 Å². The summed E-state index contributed by atoms with van der Waals surface area (Å²) >= 11 is 0. The van der Waals surface area contributed by atoms with Gasteiger partial charge < -0.3 is 25.6 Å². The lowest BCUT2D eigenvalue weighted by Gasteiger charge is -2.48. The van der Waals surface area contributed by atoms with Crippen molar-refractivity contribution in [3.05, 3.63) is 95.4 Å². The summed E-state index contributed by atoms with van der Waals surface area (Å²) in [5.41, 5.74) is 9.22. The van der Waals surface area contributed by atoms with Crippen molar-refractivity contribution < 1.29 is 19.1 Å². The molecule has 0 bridgehead atoms. The highest BCUT2D eigenvalue weighted by Gasteiger charge is 2.35. The Bertz CT molecular complexity index is 2360. The topological polar surface area (TPSA) is 186 Å². The first-order valence-electron chi connectivity index (χ1n) is 20.7. The van der Waals surface area contributed by atoms with Gasteiger partial charge in [-0.05, 0) is 113 Å². The first kappa shape index (κ1) is 38.4. The third kappa shape index (κ3) is 8.14. The van der Waals surface area contributed by atoms with Gasteiger partial charge in [-0.25, -0.2) is 19.7 Å². The highest BCUT2D eigenvalue weighted by molar-refractivity contribution is 6.03. The van der Waals surface area contributed by atoms with Gasteiger partial charge in [0.25, 0.3) is 5.91 Å². The summed E-state index contributed by atoms with van der Waals surface area (Å²) in [7, 11) is 0. The summed E-state index contributed by atoms with van der Waals surface area (Å²) < 4.78 is 9.42. The van der Waals surface area contributed by atoms with Crippen LogP contribution in [-0.4, -0.2) is 110 Å². The fourth-order valence-corrected chi connectivity index (χ4v) is 8.96. The van der Waals surface area contributed by atoms with E-state index in [4.69, 9.17) is 10.5 Å². The molecule has 4 N–H and O–H groups in total. The number of nitrogens with two attached hydrogens (primary N) is 1. The van der Waals surface area contributed by atoms with Gasteiger partial charge in [0.15, 0.2) is 11.5 Å². The number of rotatable bonds is 11. The molecule has 3 amide bonds. The van der Waals surface area contributed by atoms with Crippen LogP contribution >= 0.6 is 0 Å². The van der Waals surface area contributed by atoms with E-state index in [0.29, 0.717) is 34.6 Å². The van der Waals surface area contributed by atoms with Crippen LogP contribution in [0.15, 0.2) is 84.0 Å². The van der Waals surface area contributed by atoms with E-state index in [-0.39, 0.29) is 42.0 Å². The van der Waals surface area contributed by atoms with Crippen molar-refractivity contribution in [3.63, 3.8) is 0 Å². The fraction of sp³-hybridized carbons (Fsp3) is 0.419. The van der Waals surface area contributed by atoms with Crippen LogP contribution in [0.25, 0.3) is 16.9 Å². The highest BCUT2D eigenvalue weighted by atomic mass is 16.5. The smallest absolute Gasteiger partial charge is 0.335 e. The van der Waals surface area contributed by atoms with Crippen molar-refractivity contribution in [2.75, 3.05) is 56.4 Å². The summed E-state index contributed by atoms with van der Waals surface area (Å²) in [6, 6.07) is 20.4. The van der Waals surface area contributed by atoms with Gasteiger partial charge >= 0.3 is 5.69 Å². The van der Waals surface area contributed by atoms with E-state index in [9.17, 15) is 19.2 Å². The Labute approximate surface area is 341 Å². The molecule has 16 heteroatoms. The van der Waals surface area contributed by atoms with Gasteiger partial charge in [0, 0.05) is 44.7 Å². The Balaban J connectivity index is 0.729. The number of pyridine rings is 1. The number of anilines is 2. The second-order valence-electron chi connectivity index (χ2n) is 16.1. The molecule has 16 nitrogen and oxygen atoms in total. The number of aromatic nitrogens is 5. The predicted molar refractivity (Wildman–Crippen MR) is 222 cm³/mol. The van der Waals surface area contributed by atoms with Gasteiger partial charge in [-0.15, -0.1) is 0 Å². The van der Waals surface area contributed by atoms with Gasteiger partial charge in [0.1, 0.15) is 35.1 Å².